The number of nitriles is 1. The number of halogens is 1. The number of rotatable bonds is 7. The van der Waals surface area contributed by atoms with Gasteiger partial charge in [-0.05, 0) is 37.3 Å². The van der Waals surface area contributed by atoms with Gasteiger partial charge in [-0.25, -0.2) is 13.1 Å². The van der Waals surface area contributed by atoms with E-state index >= 15 is 0 Å². The van der Waals surface area contributed by atoms with Crippen LogP contribution in [0.3, 0.4) is 0 Å². The molecule has 0 radical (unpaired) electrons. The second kappa shape index (κ2) is 7.50. The summed E-state index contributed by atoms with van der Waals surface area (Å²) in [6.45, 7) is 4.44. The number of sulfonamides is 1. The summed E-state index contributed by atoms with van der Waals surface area (Å²) in [6, 6.07) is 6.10. The summed E-state index contributed by atoms with van der Waals surface area (Å²) in [7, 11) is -3.68. The van der Waals surface area contributed by atoms with Gasteiger partial charge in [0.1, 0.15) is 4.90 Å². The molecule has 1 N–H and O–H groups in total. The quantitative estimate of drug-likeness (QED) is 0.821. The fourth-order valence-corrected chi connectivity index (χ4v) is 4.51. The molecule has 0 atom stereocenters. The lowest BCUT2D eigenvalue weighted by atomic mass is 10.0. The molecule has 0 bridgehead atoms. The monoisotopic (exact) mass is 346 g/mol. The Kier molecular flexibility index (Phi) is 6.54. The minimum absolute atomic E-state index is 0.00498. The van der Waals surface area contributed by atoms with Crippen molar-refractivity contribution < 1.29 is 8.42 Å². The number of nitrogens with one attached hydrogen (secondary N) is 1. The second-order valence-electron chi connectivity index (χ2n) is 4.68. The number of thioether (sulfide) groups is 1. The van der Waals surface area contributed by atoms with E-state index in [-0.39, 0.29) is 14.7 Å². The van der Waals surface area contributed by atoms with Crippen molar-refractivity contribution in [3.63, 3.8) is 0 Å². The van der Waals surface area contributed by atoms with Gasteiger partial charge in [-0.1, -0.05) is 25.4 Å². The van der Waals surface area contributed by atoms with Gasteiger partial charge >= 0.3 is 0 Å². The Hall–Kier alpha value is -0.740. The zero-order valence-electron chi connectivity index (χ0n) is 12.3. The summed E-state index contributed by atoms with van der Waals surface area (Å²) in [5.41, 5.74) is 0.333. The van der Waals surface area contributed by atoms with Crippen LogP contribution in [0.1, 0.15) is 32.3 Å². The smallest absolute Gasteiger partial charge is 0.210 e. The van der Waals surface area contributed by atoms with Crippen molar-refractivity contribution in [2.24, 2.45) is 0 Å². The highest BCUT2D eigenvalue weighted by molar-refractivity contribution is 8.00. The molecule has 0 fully saturated rings. The first-order valence-corrected chi connectivity index (χ1v) is 9.67. The van der Waals surface area contributed by atoms with Crippen LogP contribution in [0.25, 0.3) is 0 Å². The van der Waals surface area contributed by atoms with E-state index in [1.165, 1.54) is 18.2 Å². The lowest BCUT2D eigenvalue weighted by molar-refractivity contribution is 0.522. The minimum atomic E-state index is -3.68. The maximum atomic E-state index is 12.4. The van der Waals surface area contributed by atoms with Gasteiger partial charge in [0.25, 0.3) is 0 Å². The van der Waals surface area contributed by atoms with Crippen LogP contribution in [0.4, 0.5) is 0 Å². The standard InChI is InChI=1S/C14H19ClN2O2S2/c1-4-14(5-2,20-3)10-17-21(18,19)13-7-6-11(9-16)8-12(13)15/h6-8,17H,4-5,10H2,1-3H3. The summed E-state index contributed by atoms with van der Waals surface area (Å²) in [6.07, 6.45) is 3.72. The first-order chi connectivity index (χ1) is 9.84. The third-order valence-electron chi connectivity index (χ3n) is 3.66. The molecule has 0 heterocycles. The summed E-state index contributed by atoms with van der Waals surface area (Å²) in [5.74, 6) is 0. The van der Waals surface area contributed by atoms with Crippen LogP contribution in [0.2, 0.25) is 5.02 Å². The van der Waals surface area contributed by atoms with Crippen LogP contribution < -0.4 is 4.72 Å². The van der Waals surface area contributed by atoms with Crippen molar-refractivity contribution in [3.05, 3.63) is 28.8 Å². The largest absolute Gasteiger partial charge is 0.242 e. The number of hydrogen-bond acceptors (Lipinski definition) is 4. The molecule has 0 spiro atoms. The van der Waals surface area contributed by atoms with Gasteiger partial charge < -0.3 is 0 Å². The van der Waals surface area contributed by atoms with Crippen molar-refractivity contribution in [3.8, 4) is 6.07 Å². The van der Waals surface area contributed by atoms with E-state index in [1.54, 1.807) is 11.8 Å². The molecule has 0 saturated heterocycles. The number of nitrogens with zero attached hydrogens (tertiary/aromatic N) is 1. The fraction of sp³-hybridized carbons (Fsp3) is 0.500. The molecule has 0 aromatic heterocycles. The molecule has 0 unspecified atom stereocenters. The van der Waals surface area contributed by atoms with Crippen molar-refractivity contribution in [1.29, 1.82) is 5.26 Å². The van der Waals surface area contributed by atoms with Crippen LogP contribution >= 0.6 is 23.4 Å². The van der Waals surface area contributed by atoms with E-state index in [0.717, 1.165) is 12.8 Å². The molecule has 1 rings (SSSR count). The summed E-state index contributed by atoms with van der Waals surface area (Å²) in [4.78, 5) is 0.00498. The lowest BCUT2D eigenvalue weighted by Crippen LogP contribution is -2.39. The van der Waals surface area contributed by atoms with Gasteiger partial charge in [-0.3, -0.25) is 0 Å². The van der Waals surface area contributed by atoms with E-state index in [4.69, 9.17) is 16.9 Å². The maximum Gasteiger partial charge on any atom is 0.242 e. The third kappa shape index (κ3) is 4.36. The molecule has 0 amide bonds. The molecule has 0 aliphatic rings. The van der Waals surface area contributed by atoms with Crippen LogP contribution in [-0.4, -0.2) is 26.0 Å². The van der Waals surface area contributed by atoms with E-state index in [1.807, 2.05) is 26.2 Å². The zero-order chi connectivity index (χ0) is 16.1. The maximum absolute atomic E-state index is 12.4. The summed E-state index contributed by atoms with van der Waals surface area (Å²) < 4.78 is 27.2. The van der Waals surface area contributed by atoms with Crippen molar-refractivity contribution in [2.45, 2.75) is 36.3 Å². The highest BCUT2D eigenvalue weighted by Crippen LogP contribution is 2.30. The highest BCUT2D eigenvalue weighted by Gasteiger charge is 2.28. The van der Waals surface area contributed by atoms with Gasteiger partial charge in [0, 0.05) is 11.3 Å². The van der Waals surface area contributed by atoms with Crippen molar-refractivity contribution in [1.82, 2.24) is 4.72 Å². The predicted octanol–water partition coefficient (Wildman–Crippen LogP) is 3.41. The first-order valence-electron chi connectivity index (χ1n) is 6.58. The molecule has 0 aliphatic heterocycles. The van der Waals surface area contributed by atoms with Crippen LogP contribution in [0.5, 0.6) is 0 Å². The van der Waals surface area contributed by atoms with Crippen LogP contribution in [0.15, 0.2) is 23.1 Å². The summed E-state index contributed by atoms with van der Waals surface area (Å²) in [5, 5.41) is 8.84. The predicted molar refractivity (Wildman–Crippen MR) is 88.2 cm³/mol. The summed E-state index contributed by atoms with van der Waals surface area (Å²) >= 11 is 7.63. The Morgan fingerprint density at radius 1 is 1.38 bits per heavy atom. The molecule has 21 heavy (non-hydrogen) atoms. The zero-order valence-corrected chi connectivity index (χ0v) is 14.7. The normalized spacial score (nSPS) is 12.1. The second-order valence-corrected chi connectivity index (χ2v) is 8.09. The van der Waals surface area contributed by atoms with Gasteiger partial charge in [0.15, 0.2) is 0 Å². The minimum Gasteiger partial charge on any atom is -0.210 e. The van der Waals surface area contributed by atoms with Gasteiger partial charge in [0.2, 0.25) is 10.0 Å². The third-order valence-corrected chi connectivity index (χ3v) is 7.13. The molecule has 7 heteroatoms. The molecule has 4 nitrogen and oxygen atoms in total. The Labute approximate surface area is 135 Å². The van der Waals surface area contributed by atoms with Crippen molar-refractivity contribution >= 4 is 33.4 Å². The van der Waals surface area contributed by atoms with Crippen LogP contribution in [-0.2, 0) is 10.0 Å². The van der Waals surface area contributed by atoms with Gasteiger partial charge in [0.05, 0.1) is 16.7 Å². The Morgan fingerprint density at radius 3 is 2.43 bits per heavy atom. The lowest BCUT2D eigenvalue weighted by Gasteiger charge is -2.29. The topological polar surface area (TPSA) is 70.0 Å². The van der Waals surface area contributed by atoms with E-state index in [2.05, 4.69) is 4.72 Å². The Morgan fingerprint density at radius 2 is 2.00 bits per heavy atom. The SMILES string of the molecule is CCC(CC)(CNS(=O)(=O)c1ccc(C#N)cc1Cl)SC. The van der Waals surface area contributed by atoms with Gasteiger partial charge in [-0.2, -0.15) is 17.0 Å². The first kappa shape index (κ1) is 18.3. The van der Waals surface area contributed by atoms with E-state index in [9.17, 15) is 8.42 Å². The molecule has 0 aliphatic carbocycles. The Balaban J connectivity index is 3.00. The Bertz CT molecular complexity index is 627. The van der Waals surface area contributed by atoms with Gasteiger partial charge in [-0.15, -0.1) is 0 Å². The molecule has 1 aromatic carbocycles. The average Bonchev–Trinajstić information content (AvgIpc) is 2.48. The molecule has 116 valence electrons. The molecular formula is C14H19ClN2O2S2. The number of hydrogen-bond donors (Lipinski definition) is 1. The molecule has 0 saturated carbocycles. The average molecular weight is 347 g/mol. The van der Waals surface area contributed by atoms with E-state index < -0.39 is 10.0 Å². The molecular weight excluding hydrogens is 328 g/mol. The van der Waals surface area contributed by atoms with E-state index in [0.29, 0.717) is 12.1 Å². The van der Waals surface area contributed by atoms with Crippen LogP contribution in [0, 0.1) is 11.3 Å². The fourth-order valence-electron chi connectivity index (χ4n) is 1.95. The molecule has 1 aromatic rings. The van der Waals surface area contributed by atoms with Crippen molar-refractivity contribution in [2.75, 3.05) is 12.8 Å². The number of benzene rings is 1. The highest BCUT2D eigenvalue weighted by atomic mass is 35.5.